The van der Waals surface area contributed by atoms with Crippen LogP contribution in [0.15, 0.2) is 47.8 Å². The molecular weight excluding hydrogens is 453 g/mol. The van der Waals surface area contributed by atoms with Crippen LogP contribution in [0.4, 0.5) is 9.39 Å². The second kappa shape index (κ2) is 11.8. The van der Waals surface area contributed by atoms with Crippen molar-refractivity contribution in [1.29, 1.82) is 0 Å². The second-order valence-electron chi connectivity index (χ2n) is 8.25. The minimum atomic E-state index is -0.526. The zero-order chi connectivity index (χ0) is 24.7. The predicted octanol–water partition coefficient (Wildman–Crippen LogP) is 6.96. The summed E-state index contributed by atoms with van der Waals surface area (Å²) in [5.74, 6) is 0.139. The highest BCUT2D eigenvalue weighted by Gasteiger charge is 2.22. The third-order valence-corrected chi connectivity index (χ3v) is 6.25. The molecule has 0 aliphatic carbocycles. The highest BCUT2D eigenvalue weighted by atomic mass is 32.1. The Hall–Kier alpha value is -3.19. The Bertz CT molecular complexity index is 1140. The average Bonchev–Trinajstić information content (AvgIpc) is 3.20. The maximum absolute atomic E-state index is 13.3. The molecule has 0 fully saturated rings. The Morgan fingerprint density at radius 3 is 2.50 bits per heavy atom. The number of rotatable bonds is 10. The van der Waals surface area contributed by atoms with E-state index >= 15 is 0 Å². The van der Waals surface area contributed by atoms with Gasteiger partial charge in [-0.15, -0.1) is 11.3 Å². The van der Waals surface area contributed by atoms with E-state index in [2.05, 4.69) is 32.2 Å². The summed E-state index contributed by atoms with van der Waals surface area (Å²) in [5, 5.41) is 5.01. The van der Waals surface area contributed by atoms with Crippen LogP contribution in [-0.2, 0) is 9.53 Å². The van der Waals surface area contributed by atoms with E-state index in [9.17, 15) is 14.0 Å². The van der Waals surface area contributed by atoms with E-state index < -0.39 is 5.97 Å². The first-order valence-electron chi connectivity index (χ1n) is 11.4. The van der Waals surface area contributed by atoms with Crippen molar-refractivity contribution in [2.75, 3.05) is 18.5 Å². The number of thiophene rings is 1. The summed E-state index contributed by atoms with van der Waals surface area (Å²) >= 11 is 1.24. The van der Waals surface area contributed by atoms with Gasteiger partial charge in [0.2, 0.25) is 5.91 Å². The van der Waals surface area contributed by atoms with Gasteiger partial charge in [0.25, 0.3) is 0 Å². The van der Waals surface area contributed by atoms with Gasteiger partial charge in [-0.1, -0.05) is 32.0 Å². The van der Waals surface area contributed by atoms with Crippen molar-refractivity contribution in [2.45, 2.75) is 46.5 Å². The smallest absolute Gasteiger partial charge is 0.341 e. The van der Waals surface area contributed by atoms with Crippen molar-refractivity contribution in [3.8, 4) is 16.9 Å². The Balaban J connectivity index is 1.61. The Morgan fingerprint density at radius 1 is 1.12 bits per heavy atom. The maximum Gasteiger partial charge on any atom is 0.341 e. The minimum absolute atomic E-state index is 0.208. The first-order valence-corrected chi connectivity index (χ1v) is 12.3. The molecule has 0 aliphatic heterocycles. The number of ether oxygens (including phenoxy) is 2. The molecule has 3 aromatic rings. The van der Waals surface area contributed by atoms with Gasteiger partial charge in [-0.2, -0.15) is 0 Å². The largest absolute Gasteiger partial charge is 0.494 e. The van der Waals surface area contributed by atoms with Gasteiger partial charge >= 0.3 is 5.97 Å². The molecule has 3 rings (SSSR count). The summed E-state index contributed by atoms with van der Waals surface area (Å²) in [7, 11) is 0. The van der Waals surface area contributed by atoms with E-state index in [-0.39, 0.29) is 30.3 Å². The molecule has 0 radical (unpaired) electrons. The number of benzene rings is 2. The molecule has 2 aromatic carbocycles. The first-order chi connectivity index (χ1) is 16.3. The van der Waals surface area contributed by atoms with Crippen LogP contribution in [0.2, 0.25) is 0 Å². The monoisotopic (exact) mass is 483 g/mol. The van der Waals surface area contributed by atoms with Crippen molar-refractivity contribution in [1.82, 2.24) is 0 Å². The molecule has 1 N–H and O–H groups in total. The van der Waals surface area contributed by atoms with Crippen molar-refractivity contribution < 1.29 is 23.5 Å². The number of carbonyl (C=O) groups excluding carboxylic acids is 2. The molecule has 34 heavy (non-hydrogen) atoms. The molecule has 1 heterocycles. The van der Waals surface area contributed by atoms with Crippen LogP contribution in [0.5, 0.6) is 5.75 Å². The zero-order valence-electron chi connectivity index (χ0n) is 19.9. The maximum atomic E-state index is 13.3. The van der Waals surface area contributed by atoms with Crippen LogP contribution in [-0.4, -0.2) is 25.1 Å². The highest BCUT2D eigenvalue weighted by Crippen LogP contribution is 2.36. The summed E-state index contributed by atoms with van der Waals surface area (Å²) in [6, 6.07) is 11.9. The molecule has 0 aliphatic rings. The molecule has 180 valence electrons. The molecule has 1 aromatic heterocycles. The summed E-state index contributed by atoms with van der Waals surface area (Å²) in [6.45, 7) is 8.72. The van der Waals surface area contributed by atoms with Crippen LogP contribution in [0.25, 0.3) is 11.1 Å². The van der Waals surface area contributed by atoms with Gasteiger partial charge in [0.15, 0.2) is 0 Å². The van der Waals surface area contributed by atoms with Gasteiger partial charge in [-0.3, -0.25) is 4.79 Å². The van der Waals surface area contributed by atoms with E-state index in [0.717, 1.165) is 5.75 Å². The molecule has 0 saturated carbocycles. The SMILES string of the molecule is CCOC(=O)c1c(-c2ccc(F)cc2)csc1NC(=O)CCCOc1ccc(C(C)C)c(C)c1. The van der Waals surface area contributed by atoms with Gasteiger partial charge in [0.05, 0.1) is 13.2 Å². The number of nitrogens with one attached hydrogen (secondary N) is 1. The number of hydrogen-bond acceptors (Lipinski definition) is 5. The van der Waals surface area contributed by atoms with Crippen LogP contribution >= 0.6 is 11.3 Å². The fourth-order valence-electron chi connectivity index (χ4n) is 3.70. The van der Waals surface area contributed by atoms with Crippen LogP contribution in [0.3, 0.4) is 0 Å². The van der Waals surface area contributed by atoms with Crippen molar-refractivity contribution >= 4 is 28.2 Å². The third kappa shape index (κ3) is 6.44. The van der Waals surface area contributed by atoms with Crippen LogP contribution in [0.1, 0.15) is 61.0 Å². The Morgan fingerprint density at radius 2 is 1.85 bits per heavy atom. The van der Waals surface area contributed by atoms with E-state index in [0.29, 0.717) is 35.1 Å². The number of aryl methyl sites for hydroxylation is 1. The Kier molecular flexibility index (Phi) is 8.82. The minimum Gasteiger partial charge on any atom is -0.494 e. The van der Waals surface area contributed by atoms with E-state index in [1.165, 1.54) is 34.6 Å². The van der Waals surface area contributed by atoms with Gasteiger partial charge in [0.1, 0.15) is 22.1 Å². The normalized spacial score (nSPS) is 10.9. The predicted molar refractivity (Wildman–Crippen MR) is 134 cm³/mol. The molecule has 1 amide bonds. The quantitative estimate of drug-likeness (QED) is 0.250. The summed E-state index contributed by atoms with van der Waals surface area (Å²) < 4.78 is 24.3. The topological polar surface area (TPSA) is 64.6 Å². The number of amides is 1. The highest BCUT2D eigenvalue weighted by molar-refractivity contribution is 7.15. The van der Waals surface area contributed by atoms with Gasteiger partial charge in [0, 0.05) is 17.4 Å². The average molecular weight is 484 g/mol. The van der Waals surface area contributed by atoms with E-state index in [4.69, 9.17) is 9.47 Å². The molecule has 0 spiro atoms. The standard InChI is InChI=1S/C27H30FNO4S/c1-5-32-27(31)25-23(19-8-10-20(28)11-9-19)16-34-26(25)29-24(30)7-6-14-33-21-12-13-22(17(2)3)18(4)15-21/h8-13,15-17H,5-7,14H2,1-4H3,(H,29,30). The zero-order valence-corrected chi connectivity index (χ0v) is 20.8. The molecule has 7 heteroatoms. The molecule has 5 nitrogen and oxygen atoms in total. The lowest BCUT2D eigenvalue weighted by molar-refractivity contribution is -0.116. The third-order valence-electron chi connectivity index (χ3n) is 5.36. The number of anilines is 1. The second-order valence-corrected chi connectivity index (χ2v) is 9.13. The van der Waals surface area contributed by atoms with E-state index in [1.54, 1.807) is 24.4 Å². The fraction of sp³-hybridized carbons (Fsp3) is 0.333. The lowest BCUT2D eigenvalue weighted by Gasteiger charge is -2.12. The van der Waals surface area contributed by atoms with Crippen molar-refractivity contribution in [2.24, 2.45) is 0 Å². The molecule has 0 unspecified atom stereocenters. The van der Waals surface area contributed by atoms with E-state index in [1.807, 2.05) is 12.1 Å². The van der Waals surface area contributed by atoms with Crippen LogP contribution in [0, 0.1) is 12.7 Å². The molecule has 0 saturated heterocycles. The molecule has 0 atom stereocenters. The lowest BCUT2D eigenvalue weighted by atomic mass is 9.98. The first kappa shape index (κ1) is 25.4. The number of esters is 1. The molecule has 0 bridgehead atoms. The van der Waals surface area contributed by atoms with Crippen molar-refractivity contribution in [3.05, 3.63) is 70.4 Å². The summed E-state index contributed by atoms with van der Waals surface area (Å²) in [4.78, 5) is 25.2. The number of halogens is 1. The molecular formula is C27H30FNO4S. The van der Waals surface area contributed by atoms with Crippen molar-refractivity contribution in [3.63, 3.8) is 0 Å². The fourth-order valence-corrected chi connectivity index (χ4v) is 4.67. The lowest BCUT2D eigenvalue weighted by Crippen LogP contribution is -2.15. The van der Waals surface area contributed by atoms with Crippen LogP contribution < -0.4 is 10.1 Å². The van der Waals surface area contributed by atoms with Gasteiger partial charge < -0.3 is 14.8 Å². The summed E-state index contributed by atoms with van der Waals surface area (Å²) in [6.07, 6.45) is 0.775. The summed E-state index contributed by atoms with van der Waals surface area (Å²) in [5.41, 5.74) is 4.03. The number of carbonyl (C=O) groups is 2. The van der Waals surface area contributed by atoms with Gasteiger partial charge in [-0.05, 0) is 67.1 Å². The number of hydrogen-bond donors (Lipinski definition) is 1. The van der Waals surface area contributed by atoms with Gasteiger partial charge in [-0.25, -0.2) is 9.18 Å². The Labute approximate surface area is 203 Å².